The molecule has 0 atom stereocenters. The molecule has 114 valence electrons. The Morgan fingerprint density at radius 1 is 1.24 bits per heavy atom. The molecule has 1 aromatic carbocycles. The standard InChI is InChI=1S/C14H15F2NO4/c1-8(2)21-14(19)17-9-6-11(15)10(12(16)7-9)4-5-13(18)20-3/h4-8H,1-3H3,(H,17,19). The van der Waals surface area contributed by atoms with E-state index in [-0.39, 0.29) is 11.8 Å². The van der Waals surface area contributed by atoms with Crippen LogP contribution in [0.3, 0.4) is 0 Å². The first-order chi connectivity index (χ1) is 9.83. The number of carbonyl (C=O) groups excluding carboxylic acids is 2. The molecule has 0 aliphatic heterocycles. The van der Waals surface area contributed by atoms with Crippen LogP contribution in [0.15, 0.2) is 18.2 Å². The SMILES string of the molecule is COC(=O)C=Cc1c(F)cc(NC(=O)OC(C)C)cc1F. The molecule has 1 rings (SSSR count). The highest BCUT2D eigenvalue weighted by atomic mass is 19.1. The Morgan fingerprint density at radius 3 is 2.29 bits per heavy atom. The van der Waals surface area contributed by atoms with Crippen LogP contribution in [-0.4, -0.2) is 25.3 Å². The third kappa shape index (κ3) is 5.21. The largest absolute Gasteiger partial charge is 0.466 e. The molecule has 21 heavy (non-hydrogen) atoms. The van der Waals surface area contributed by atoms with Crippen molar-refractivity contribution in [1.82, 2.24) is 0 Å². The molecule has 0 fully saturated rings. The summed E-state index contributed by atoms with van der Waals surface area (Å²) in [7, 11) is 1.15. The van der Waals surface area contributed by atoms with E-state index in [2.05, 4.69) is 10.1 Å². The zero-order chi connectivity index (χ0) is 16.0. The molecular weight excluding hydrogens is 284 g/mol. The highest BCUT2D eigenvalue weighted by Crippen LogP contribution is 2.20. The number of hydrogen-bond donors (Lipinski definition) is 1. The van der Waals surface area contributed by atoms with Gasteiger partial charge in [0.25, 0.3) is 0 Å². The van der Waals surface area contributed by atoms with Crippen molar-refractivity contribution in [3.63, 3.8) is 0 Å². The van der Waals surface area contributed by atoms with Gasteiger partial charge in [0.15, 0.2) is 0 Å². The fourth-order valence-corrected chi connectivity index (χ4v) is 1.40. The number of nitrogens with one attached hydrogen (secondary N) is 1. The highest BCUT2D eigenvalue weighted by molar-refractivity contribution is 5.88. The summed E-state index contributed by atoms with van der Waals surface area (Å²) in [5, 5.41) is 2.20. The maximum Gasteiger partial charge on any atom is 0.411 e. The lowest BCUT2D eigenvalue weighted by Crippen LogP contribution is -2.18. The van der Waals surface area contributed by atoms with Crippen LogP contribution in [0.25, 0.3) is 6.08 Å². The first kappa shape index (κ1) is 16.6. The van der Waals surface area contributed by atoms with Crippen molar-refractivity contribution in [1.29, 1.82) is 0 Å². The topological polar surface area (TPSA) is 64.6 Å². The summed E-state index contributed by atoms with van der Waals surface area (Å²) in [6.07, 6.45) is 0.664. The van der Waals surface area contributed by atoms with Crippen molar-refractivity contribution in [2.24, 2.45) is 0 Å². The molecule has 0 saturated heterocycles. The second-order valence-corrected chi connectivity index (χ2v) is 4.29. The van der Waals surface area contributed by atoms with Gasteiger partial charge in [-0.1, -0.05) is 0 Å². The van der Waals surface area contributed by atoms with Crippen LogP contribution in [0.4, 0.5) is 19.3 Å². The lowest BCUT2D eigenvalue weighted by atomic mass is 10.1. The molecule has 0 aromatic heterocycles. The molecule has 5 nitrogen and oxygen atoms in total. The summed E-state index contributed by atoms with van der Waals surface area (Å²) in [6, 6.07) is 1.84. The Balaban J connectivity index is 2.92. The van der Waals surface area contributed by atoms with Crippen LogP contribution < -0.4 is 5.32 Å². The Hall–Kier alpha value is -2.44. The molecule has 1 aromatic rings. The molecule has 0 saturated carbocycles. The van der Waals surface area contributed by atoms with Gasteiger partial charge in [0, 0.05) is 17.3 Å². The Bertz CT molecular complexity index is 547. The molecule has 0 heterocycles. The van der Waals surface area contributed by atoms with E-state index in [1.807, 2.05) is 0 Å². The first-order valence-corrected chi connectivity index (χ1v) is 6.06. The number of halogens is 2. The van der Waals surface area contributed by atoms with Gasteiger partial charge in [-0.15, -0.1) is 0 Å². The lowest BCUT2D eigenvalue weighted by Gasteiger charge is -2.10. The van der Waals surface area contributed by atoms with Gasteiger partial charge >= 0.3 is 12.1 Å². The quantitative estimate of drug-likeness (QED) is 0.685. The van der Waals surface area contributed by atoms with E-state index in [0.717, 1.165) is 31.4 Å². The maximum absolute atomic E-state index is 13.7. The lowest BCUT2D eigenvalue weighted by molar-refractivity contribution is -0.134. The minimum absolute atomic E-state index is 0.0918. The van der Waals surface area contributed by atoms with Gasteiger partial charge in [0.1, 0.15) is 11.6 Å². The third-order valence-electron chi connectivity index (χ3n) is 2.26. The van der Waals surface area contributed by atoms with Crippen molar-refractivity contribution in [3.05, 3.63) is 35.4 Å². The van der Waals surface area contributed by atoms with Crippen molar-refractivity contribution >= 4 is 23.8 Å². The van der Waals surface area contributed by atoms with Gasteiger partial charge in [-0.2, -0.15) is 0 Å². The number of ether oxygens (including phenoxy) is 2. The van der Waals surface area contributed by atoms with Crippen LogP contribution in [0.2, 0.25) is 0 Å². The minimum atomic E-state index is -0.935. The number of anilines is 1. The maximum atomic E-state index is 13.7. The molecule has 0 radical (unpaired) electrons. The summed E-state index contributed by atoms with van der Waals surface area (Å²) < 4.78 is 36.6. The highest BCUT2D eigenvalue weighted by Gasteiger charge is 2.12. The summed E-state index contributed by atoms with van der Waals surface area (Å²) in [4.78, 5) is 22.2. The number of rotatable bonds is 4. The fourth-order valence-electron chi connectivity index (χ4n) is 1.40. The molecule has 0 spiro atoms. The van der Waals surface area contributed by atoms with Gasteiger partial charge in [-0.25, -0.2) is 18.4 Å². The van der Waals surface area contributed by atoms with Crippen LogP contribution in [0, 0.1) is 11.6 Å². The molecule has 0 aliphatic carbocycles. The van der Waals surface area contributed by atoms with E-state index in [1.54, 1.807) is 13.8 Å². The van der Waals surface area contributed by atoms with E-state index in [9.17, 15) is 18.4 Å². The zero-order valence-electron chi connectivity index (χ0n) is 11.8. The van der Waals surface area contributed by atoms with E-state index >= 15 is 0 Å². The summed E-state index contributed by atoms with van der Waals surface area (Å²) in [5.74, 6) is -2.61. The van der Waals surface area contributed by atoms with Crippen LogP contribution >= 0.6 is 0 Å². The molecule has 0 aliphatic rings. The minimum Gasteiger partial charge on any atom is -0.466 e. The van der Waals surface area contributed by atoms with Crippen LogP contribution in [0.1, 0.15) is 19.4 Å². The van der Waals surface area contributed by atoms with Crippen molar-refractivity contribution in [2.45, 2.75) is 20.0 Å². The van der Waals surface area contributed by atoms with Gasteiger partial charge < -0.3 is 9.47 Å². The van der Waals surface area contributed by atoms with Crippen molar-refractivity contribution in [3.8, 4) is 0 Å². The van der Waals surface area contributed by atoms with Gasteiger partial charge in [0.2, 0.25) is 0 Å². The number of benzene rings is 1. The number of esters is 1. The first-order valence-electron chi connectivity index (χ1n) is 6.06. The van der Waals surface area contributed by atoms with Crippen molar-refractivity contribution in [2.75, 3.05) is 12.4 Å². The van der Waals surface area contributed by atoms with Gasteiger partial charge in [-0.05, 0) is 32.1 Å². The Morgan fingerprint density at radius 2 is 1.81 bits per heavy atom. The van der Waals surface area contributed by atoms with E-state index < -0.39 is 29.3 Å². The fraction of sp³-hybridized carbons (Fsp3) is 0.286. The number of carbonyl (C=O) groups is 2. The molecule has 0 bridgehead atoms. The number of hydrogen-bond acceptors (Lipinski definition) is 4. The van der Waals surface area contributed by atoms with Gasteiger partial charge in [0.05, 0.1) is 13.2 Å². The second kappa shape index (κ2) is 7.37. The third-order valence-corrected chi connectivity index (χ3v) is 2.26. The average molecular weight is 299 g/mol. The second-order valence-electron chi connectivity index (χ2n) is 4.29. The number of amides is 1. The smallest absolute Gasteiger partial charge is 0.411 e. The molecule has 7 heteroatoms. The van der Waals surface area contributed by atoms with E-state index in [0.29, 0.717) is 0 Å². The number of methoxy groups -OCH3 is 1. The molecule has 1 N–H and O–H groups in total. The van der Waals surface area contributed by atoms with Crippen LogP contribution in [-0.2, 0) is 14.3 Å². The Kier molecular flexibility index (Phi) is 5.83. The Labute approximate surface area is 120 Å². The predicted octanol–water partition coefficient (Wildman–Crippen LogP) is 3.11. The summed E-state index contributed by atoms with van der Waals surface area (Å²) in [6.45, 7) is 3.28. The summed E-state index contributed by atoms with van der Waals surface area (Å²) in [5.41, 5.74) is -0.506. The zero-order valence-corrected chi connectivity index (χ0v) is 11.8. The molecule has 1 amide bonds. The van der Waals surface area contributed by atoms with E-state index in [4.69, 9.17) is 4.74 Å². The molecule has 0 unspecified atom stereocenters. The van der Waals surface area contributed by atoms with Crippen LogP contribution in [0.5, 0.6) is 0 Å². The summed E-state index contributed by atoms with van der Waals surface area (Å²) >= 11 is 0. The van der Waals surface area contributed by atoms with Gasteiger partial charge in [-0.3, -0.25) is 5.32 Å². The van der Waals surface area contributed by atoms with Crippen molar-refractivity contribution < 1.29 is 27.8 Å². The van der Waals surface area contributed by atoms with E-state index in [1.165, 1.54) is 0 Å². The predicted molar refractivity (Wildman–Crippen MR) is 72.6 cm³/mol. The molecular formula is C14H15F2NO4. The normalized spacial score (nSPS) is 10.8. The monoisotopic (exact) mass is 299 g/mol. The average Bonchev–Trinajstić information content (AvgIpc) is 2.36.